The molecule has 1 saturated heterocycles. The number of nitrogens with zero attached hydrogens (tertiary/aromatic N) is 6. The van der Waals surface area contributed by atoms with Gasteiger partial charge in [0.05, 0.1) is 11.6 Å². The van der Waals surface area contributed by atoms with Crippen LogP contribution in [-0.4, -0.2) is 50.9 Å². The van der Waals surface area contributed by atoms with E-state index in [4.69, 9.17) is 0 Å². The Morgan fingerprint density at radius 2 is 1.95 bits per heavy atom. The van der Waals surface area contributed by atoms with Crippen molar-refractivity contribution in [3.63, 3.8) is 0 Å². The summed E-state index contributed by atoms with van der Waals surface area (Å²) in [5, 5.41) is 8.81. The number of rotatable bonds is 2. The molecule has 3 aromatic heterocycles. The van der Waals surface area contributed by atoms with Gasteiger partial charge >= 0.3 is 0 Å². The maximum Gasteiger partial charge on any atom is 0.170 e. The Kier molecular flexibility index (Phi) is 3.19. The summed E-state index contributed by atoms with van der Waals surface area (Å²) in [5.74, 6) is 1.76. The lowest BCUT2D eigenvalue weighted by molar-refractivity contribution is 0.586. The predicted octanol–water partition coefficient (Wildman–Crippen LogP) is 0.929. The van der Waals surface area contributed by atoms with Crippen molar-refractivity contribution < 1.29 is 0 Å². The molecule has 0 radical (unpaired) electrons. The molecule has 0 amide bonds. The molecule has 1 N–H and O–H groups in total. The molecule has 0 aromatic carbocycles. The Morgan fingerprint density at radius 3 is 2.77 bits per heavy atom. The van der Waals surface area contributed by atoms with E-state index in [0.29, 0.717) is 0 Å². The SMILES string of the molecule is Cc1cccnc1-n1ncc2c(N3CCNCC3)ncnc21. The fourth-order valence-electron chi connectivity index (χ4n) is 2.81. The third-order valence-corrected chi connectivity index (χ3v) is 3.94. The summed E-state index contributed by atoms with van der Waals surface area (Å²) >= 11 is 0. The quantitative estimate of drug-likeness (QED) is 0.758. The lowest BCUT2D eigenvalue weighted by Crippen LogP contribution is -2.44. The van der Waals surface area contributed by atoms with Gasteiger partial charge in [-0.15, -0.1) is 0 Å². The number of aromatic nitrogens is 5. The van der Waals surface area contributed by atoms with Crippen molar-refractivity contribution in [1.82, 2.24) is 30.0 Å². The molecule has 0 atom stereocenters. The van der Waals surface area contributed by atoms with Gasteiger partial charge < -0.3 is 10.2 Å². The third kappa shape index (κ3) is 2.10. The van der Waals surface area contributed by atoms with E-state index >= 15 is 0 Å². The monoisotopic (exact) mass is 295 g/mol. The second-order valence-electron chi connectivity index (χ2n) is 5.37. The molecular weight excluding hydrogens is 278 g/mol. The largest absolute Gasteiger partial charge is 0.353 e. The first-order valence-electron chi connectivity index (χ1n) is 7.41. The minimum Gasteiger partial charge on any atom is -0.353 e. The zero-order valence-electron chi connectivity index (χ0n) is 12.4. The van der Waals surface area contributed by atoms with Gasteiger partial charge in [0.15, 0.2) is 11.5 Å². The van der Waals surface area contributed by atoms with Crippen LogP contribution in [0.3, 0.4) is 0 Å². The second-order valence-corrected chi connectivity index (χ2v) is 5.37. The van der Waals surface area contributed by atoms with E-state index in [1.54, 1.807) is 17.2 Å². The molecular formula is C15H17N7. The number of aryl methyl sites for hydroxylation is 1. The third-order valence-electron chi connectivity index (χ3n) is 3.94. The summed E-state index contributed by atoms with van der Waals surface area (Å²) < 4.78 is 1.79. The van der Waals surface area contributed by atoms with Crippen LogP contribution in [0.5, 0.6) is 0 Å². The Labute approximate surface area is 128 Å². The van der Waals surface area contributed by atoms with Gasteiger partial charge in [-0.2, -0.15) is 9.78 Å². The number of nitrogens with one attached hydrogen (secondary N) is 1. The molecule has 1 aliphatic heterocycles. The van der Waals surface area contributed by atoms with Crippen molar-refractivity contribution in [3.05, 3.63) is 36.4 Å². The summed E-state index contributed by atoms with van der Waals surface area (Å²) in [5.41, 5.74) is 1.86. The van der Waals surface area contributed by atoms with Crippen LogP contribution < -0.4 is 10.2 Å². The standard InChI is InChI=1S/C15H17N7/c1-11-3-2-4-17-13(11)22-15-12(9-20-22)14(18-10-19-15)21-7-5-16-6-8-21/h2-4,9-10,16H,5-8H2,1H3. The minimum atomic E-state index is 0.797. The fourth-order valence-corrected chi connectivity index (χ4v) is 2.81. The number of hydrogen-bond donors (Lipinski definition) is 1. The Hall–Kier alpha value is -2.54. The molecule has 1 aliphatic rings. The van der Waals surface area contributed by atoms with Crippen molar-refractivity contribution in [1.29, 1.82) is 0 Å². The maximum atomic E-state index is 4.49. The zero-order chi connectivity index (χ0) is 14.9. The highest BCUT2D eigenvalue weighted by atomic mass is 15.3. The van der Waals surface area contributed by atoms with Crippen LogP contribution in [0.2, 0.25) is 0 Å². The van der Waals surface area contributed by atoms with Crippen molar-refractivity contribution in [2.24, 2.45) is 0 Å². The van der Waals surface area contributed by atoms with E-state index in [2.05, 4.69) is 30.3 Å². The molecule has 7 heteroatoms. The van der Waals surface area contributed by atoms with Crippen molar-refractivity contribution in [2.45, 2.75) is 6.92 Å². The Bertz CT molecular complexity index is 805. The lowest BCUT2D eigenvalue weighted by Gasteiger charge is -2.28. The number of anilines is 1. The van der Waals surface area contributed by atoms with E-state index in [-0.39, 0.29) is 0 Å². The maximum absolute atomic E-state index is 4.49. The molecule has 4 rings (SSSR count). The van der Waals surface area contributed by atoms with E-state index in [1.807, 2.05) is 25.3 Å². The van der Waals surface area contributed by atoms with Crippen molar-refractivity contribution in [3.8, 4) is 5.82 Å². The van der Waals surface area contributed by atoms with Crippen LogP contribution in [0, 0.1) is 6.92 Å². The van der Waals surface area contributed by atoms with Crippen LogP contribution in [-0.2, 0) is 0 Å². The molecule has 3 aromatic rings. The molecule has 7 nitrogen and oxygen atoms in total. The van der Waals surface area contributed by atoms with Crippen LogP contribution >= 0.6 is 0 Å². The number of hydrogen-bond acceptors (Lipinski definition) is 6. The van der Waals surface area contributed by atoms with Crippen LogP contribution in [0.4, 0.5) is 5.82 Å². The van der Waals surface area contributed by atoms with Gasteiger partial charge in [-0.1, -0.05) is 6.07 Å². The van der Waals surface area contributed by atoms with Gasteiger partial charge in [-0.25, -0.2) is 15.0 Å². The first-order chi connectivity index (χ1) is 10.8. The topological polar surface area (TPSA) is 71.8 Å². The number of pyridine rings is 1. The molecule has 1 fully saturated rings. The average molecular weight is 295 g/mol. The summed E-state index contributed by atoms with van der Waals surface area (Å²) in [6.07, 6.45) is 5.21. The van der Waals surface area contributed by atoms with Gasteiger partial charge in [0.25, 0.3) is 0 Å². The average Bonchev–Trinajstić information content (AvgIpc) is 3.00. The normalized spacial score (nSPS) is 15.4. The predicted molar refractivity (Wildman–Crippen MR) is 84.3 cm³/mol. The molecule has 0 aliphatic carbocycles. The van der Waals surface area contributed by atoms with E-state index in [1.165, 1.54) is 0 Å². The van der Waals surface area contributed by atoms with Gasteiger partial charge in [0.1, 0.15) is 12.1 Å². The first-order valence-corrected chi connectivity index (χ1v) is 7.41. The molecule has 0 unspecified atom stereocenters. The molecule has 112 valence electrons. The lowest BCUT2D eigenvalue weighted by atomic mass is 10.3. The van der Waals surface area contributed by atoms with E-state index < -0.39 is 0 Å². The summed E-state index contributed by atoms with van der Waals surface area (Å²) in [7, 11) is 0. The van der Waals surface area contributed by atoms with Crippen LogP contribution in [0.1, 0.15) is 5.56 Å². The van der Waals surface area contributed by atoms with Crippen LogP contribution in [0.15, 0.2) is 30.9 Å². The highest BCUT2D eigenvalue weighted by Gasteiger charge is 2.18. The van der Waals surface area contributed by atoms with E-state index in [0.717, 1.165) is 54.4 Å². The summed E-state index contributed by atoms with van der Waals surface area (Å²) in [4.78, 5) is 15.6. The molecule has 4 heterocycles. The Morgan fingerprint density at radius 1 is 1.09 bits per heavy atom. The van der Waals surface area contributed by atoms with Gasteiger partial charge in [-0.05, 0) is 18.6 Å². The summed E-state index contributed by atoms with van der Waals surface area (Å²) in [6.45, 7) is 5.85. The van der Waals surface area contributed by atoms with Crippen LogP contribution in [0.25, 0.3) is 16.9 Å². The smallest absolute Gasteiger partial charge is 0.170 e. The molecule has 22 heavy (non-hydrogen) atoms. The number of fused-ring (bicyclic) bond motifs is 1. The van der Waals surface area contributed by atoms with Gasteiger partial charge in [-0.3, -0.25) is 0 Å². The van der Waals surface area contributed by atoms with Crippen molar-refractivity contribution >= 4 is 16.9 Å². The number of piperazine rings is 1. The molecule has 0 saturated carbocycles. The first kappa shape index (κ1) is 13.1. The highest BCUT2D eigenvalue weighted by molar-refractivity contribution is 5.87. The molecule has 0 bridgehead atoms. The van der Waals surface area contributed by atoms with E-state index in [9.17, 15) is 0 Å². The van der Waals surface area contributed by atoms with Gasteiger partial charge in [0, 0.05) is 32.4 Å². The van der Waals surface area contributed by atoms with Crippen molar-refractivity contribution in [2.75, 3.05) is 31.1 Å². The zero-order valence-corrected chi connectivity index (χ0v) is 12.4. The summed E-state index contributed by atoms with van der Waals surface area (Å²) in [6, 6.07) is 3.94. The highest BCUT2D eigenvalue weighted by Crippen LogP contribution is 2.24. The second kappa shape index (κ2) is 5.34. The fraction of sp³-hybridized carbons (Fsp3) is 0.333. The minimum absolute atomic E-state index is 0.797. The Balaban J connectivity index is 1.85. The molecule has 0 spiro atoms. The van der Waals surface area contributed by atoms with Gasteiger partial charge in [0.2, 0.25) is 0 Å².